The van der Waals surface area contributed by atoms with Gasteiger partial charge in [0.15, 0.2) is 17.2 Å². The summed E-state index contributed by atoms with van der Waals surface area (Å²) in [6, 6.07) is 11.6. The second-order valence-electron chi connectivity index (χ2n) is 14.6. The molecule has 1 aromatic carbocycles. The van der Waals surface area contributed by atoms with Gasteiger partial charge in [-0.1, -0.05) is 31.1 Å². The van der Waals surface area contributed by atoms with Crippen LogP contribution in [-0.4, -0.2) is 90.2 Å². The standard InChI is InChI=1S/C38H45N9O4/c1-22(2)34(37(49)50)32-19-33(44-51-32)46-15-10-26(11-16-46)45-13-8-24(9-14-45)25-20-39-38(40-21-25)47-17-12-29-35(23(47)3)28-18-30(42-43-36(28)41-29)27-6-4-5-7-31(27)48/h4-7,18-24,26,34,48H,8-17H2,1-3H3,(H,41,43)(H,49,50)/t23-,34?/m1/s1. The van der Waals surface area contributed by atoms with E-state index >= 15 is 0 Å². The second-order valence-corrected chi connectivity index (χ2v) is 14.6. The molecular formula is C38H45N9O4. The van der Waals surface area contributed by atoms with E-state index in [1.807, 2.05) is 50.5 Å². The number of phenolic OH excluding ortho intramolecular Hbond substituents is 1. The summed E-state index contributed by atoms with van der Waals surface area (Å²) in [5.41, 5.74) is 5.60. The summed E-state index contributed by atoms with van der Waals surface area (Å²) in [7, 11) is 0. The van der Waals surface area contributed by atoms with Crippen LogP contribution in [0.25, 0.3) is 22.3 Å². The molecule has 0 bridgehead atoms. The Morgan fingerprint density at radius 1 is 0.980 bits per heavy atom. The van der Waals surface area contributed by atoms with Crippen LogP contribution >= 0.6 is 0 Å². The third kappa shape index (κ3) is 6.28. The number of H-pyrrole nitrogens is 1. The van der Waals surface area contributed by atoms with Crippen LogP contribution in [0.3, 0.4) is 0 Å². The molecule has 4 aromatic heterocycles. The first-order valence-corrected chi connectivity index (χ1v) is 18.2. The van der Waals surface area contributed by atoms with Crippen LogP contribution in [0.2, 0.25) is 0 Å². The van der Waals surface area contributed by atoms with Crippen molar-refractivity contribution in [1.29, 1.82) is 0 Å². The highest BCUT2D eigenvalue weighted by molar-refractivity contribution is 5.86. The number of fused-ring (bicyclic) bond motifs is 3. The molecule has 3 aliphatic heterocycles. The molecule has 0 radical (unpaired) electrons. The number of rotatable bonds is 8. The third-order valence-corrected chi connectivity index (χ3v) is 11.3. The number of carboxylic acid groups (broad SMARTS) is 1. The molecule has 266 valence electrons. The van der Waals surface area contributed by atoms with Crippen LogP contribution in [0.5, 0.6) is 5.75 Å². The molecule has 13 nitrogen and oxygen atoms in total. The van der Waals surface area contributed by atoms with Crippen molar-refractivity contribution in [2.45, 2.75) is 76.8 Å². The van der Waals surface area contributed by atoms with Crippen LogP contribution in [0.1, 0.15) is 86.9 Å². The molecule has 7 heterocycles. The summed E-state index contributed by atoms with van der Waals surface area (Å²) >= 11 is 0. The van der Waals surface area contributed by atoms with Gasteiger partial charge in [0, 0.05) is 72.8 Å². The summed E-state index contributed by atoms with van der Waals surface area (Å²) in [4.78, 5) is 32.1. The lowest BCUT2D eigenvalue weighted by Gasteiger charge is -2.41. The number of nitrogens with zero attached hydrogens (tertiary/aromatic N) is 8. The number of carboxylic acids is 1. The topological polar surface area (TPSA) is 161 Å². The number of para-hydroxylation sites is 1. The molecule has 0 spiro atoms. The van der Waals surface area contributed by atoms with Gasteiger partial charge in [0.1, 0.15) is 11.7 Å². The summed E-state index contributed by atoms with van der Waals surface area (Å²) in [5.74, 6) is 0.900. The molecule has 51 heavy (non-hydrogen) atoms. The SMILES string of the molecule is CC(C)C(C(=O)O)c1cc(N2CCC(N3CCC(c4cnc(N5CCc6[nH]c7nnc(-c8ccccc8O)cc7c6[C@H]5C)nc4)CC3)CC2)no1. The van der Waals surface area contributed by atoms with Crippen LogP contribution in [0.4, 0.5) is 11.8 Å². The van der Waals surface area contributed by atoms with E-state index in [0.29, 0.717) is 29.0 Å². The first-order chi connectivity index (χ1) is 24.7. The van der Waals surface area contributed by atoms with E-state index in [1.165, 1.54) is 11.1 Å². The van der Waals surface area contributed by atoms with Crippen molar-refractivity contribution in [3.05, 3.63) is 71.4 Å². The van der Waals surface area contributed by atoms with Gasteiger partial charge in [0.05, 0.1) is 11.7 Å². The van der Waals surface area contributed by atoms with E-state index in [9.17, 15) is 15.0 Å². The van der Waals surface area contributed by atoms with E-state index in [2.05, 4.69) is 42.0 Å². The summed E-state index contributed by atoms with van der Waals surface area (Å²) in [6.45, 7) is 10.6. The molecule has 3 N–H and O–H groups in total. The van der Waals surface area contributed by atoms with Gasteiger partial charge in [-0.25, -0.2) is 9.97 Å². The fraction of sp³-hybridized carbons (Fsp3) is 0.474. The van der Waals surface area contributed by atoms with Crippen molar-refractivity contribution in [3.63, 3.8) is 0 Å². The number of aromatic hydroxyl groups is 1. The maximum absolute atomic E-state index is 11.7. The second kappa shape index (κ2) is 13.6. The average Bonchev–Trinajstić information content (AvgIpc) is 3.77. The summed E-state index contributed by atoms with van der Waals surface area (Å²) < 4.78 is 5.49. The Kier molecular flexibility index (Phi) is 8.83. The fourth-order valence-electron chi connectivity index (χ4n) is 8.47. The van der Waals surface area contributed by atoms with E-state index < -0.39 is 11.9 Å². The molecule has 2 fully saturated rings. The largest absolute Gasteiger partial charge is 0.507 e. The monoisotopic (exact) mass is 691 g/mol. The van der Waals surface area contributed by atoms with E-state index in [1.54, 1.807) is 12.1 Å². The Morgan fingerprint density at radius 3 is 2.43 bits per heavy atom. The lowest BCUT2D eigenvalue weighted by Crippen LogP contribution is -2.47. The van der Waals surface area contributed by atoms with Crippen molar-refractivity contribution in [3.8, 4) is 17.0 Å². The summed E-state index contributed by atoms with van der Waals surface area (Å²) in [5, 5.41) is 34.1. The van der Waals surface area contributed by atoms with Crippen molar-refractivity contribution in [2.75, 3.05) is 42.5 Å². The molecule has 0 amide bonds. The molecule has 5 aromatic rings. The minimum Gasteiger partial charge on any atom is -0.507 e. The van der Waals surface area contributed by atoms with Crippen LogP contribution in [-0.2, 0) is 11.2 Å². The minimum atomic E-state index is -0.879. The third-order valence-electron chi connectivity index (χ3n) is 11.3. The Balaban J connectivity index is 0.875. The zero-order chi connectivity index (χ0) is 35.2. The van der Waals surface area contributed by atoms with Gasteiger partial charge in [-0.05, 0) is 81.3 Å². The number of hydrogen-bond donors (Lipinski definition) is 3. The number of aromatic amines is 1. The molecule has 0 saturated carbocycles. The Bertz CT molecular complexity index is 2010. The van der Waals surface area contributed by atoms with E-state index in [-0.39, 0.29) is 17.7 Å². The first-order valence-electron chi connectivity index (χ1n) is 18.2. The zero-order valence-corrected chi connectivity index (χ0v) is 29.4. The molecule has 13 heteroatoms. The Labute approximate surface area is 296 Å². The van der Waals surface area contributed by atoms with Gasteiger partial charge in [-0.15, -0.1) is 10.2 Å². The number of aliphatic carboxylic acids is 1. The quantitative estimate of drug-likeness (QED) is 0.177. The van der Waals surface area contributed by atoms with Crippen molar-refractivity contribution < 1.29 is 19.5 Å². The highest BCUT2D eigenvalue weighted by atomic mass is 16.5. The smallest absolute Gasteiger partial charge is 0.314 e. The van der Waals surface area contributed by atoms with Crippen molar-refractivity contribution in [1.82, 2.24) is 35.2 Å². The maximum atomic E-state index is 11.7. The molecular weight excluding hydrogens is 646 g/mol. The number of anilines is 2. The number of likely N-dealkylation sites (tertiary alicyclic amines) is 1. The molecule has 2 atom stereocenters. The van der Waals surface area contributed by atoms with E-state index in [0.717, 1.165) is 93.3 Å². The lowest BCUT2D eigenvalue weighted by atomic mass is 9.89. The van der Waals surface area contributed by atoms with Crippen LogP contribution in [0.15, 0.2) is 53.3 Å². The minimum absolute atomic E-state index is 0.0393. The molecule has 2 saturated heterocycles. The van der Waals surface area contributed by atoms with Crippen LogP contribution < -0.4 is 9.80 Å². The number of benzene rings is 1. The highest BCUT2D eigenvalue weighted by Gasteiger charge is 2.33. The fourth-order valence-corrected chi connectivity index (χ4v) is 8.47. The van der Waals surface area contributed by atoms with Gasteiger partial charge in [0.2, 0.25) is 5.95 Å². The Morgan fingerprint density at radius 2 is 1.73 bits per heavy atom. The molecule has 3 aliphatic rings. The lowest BCUT2D eigenvalue weighted by molar-refractivity contribution is -0.140. The van der Waals surface area contributed by atoms with Gasteiger partial charge < -0.3 is 34.4 Å². The molecule has 1 unspecified atom stereocenters. The zero-order valence-electron chi connectivity index (χ0n) is 29.4. The predicted molar refractivity (Wildman–Crippen MR) is 193 cm³/mol. The van der Waals surface area contributed by atoms with Gasteiger partial charge in [-0.3, -0.25) is 4.79 Å². The van der Waals surface area contributed by atoms with Crippen LogP contribution in [0, 0.1) is 5.92 Å². The van der Waals surface area contributed by atoms with E-state index in [4.69, 9.17) is 14.5 Å². The predicted octanol–water partition coefficient (Wildman–Crippen LogP) is 5.90. The number of hydrogen-bond acceptors (Lipinski definition) is 11. The highest BCUT2D eigenvalue weighted by Crippen LogP contribution is 2.39. The van der Waals surface area contributed by atoms with Gasteiger partial charge in [-0.2, -0.15) is 0 Å². The first kappa shape index (κ1) is 33.1. The summed E-state index contributed by atoms with van der Waals surface area (Å²) in [6.07, 6.45) is 9.15. The molecule has 0 aliphatic carbocycles. The van der Waals surface area contributed by atoms with Gasteiger partial charge >= 0.3 is 5.97 Å². The number of aromatic nitrogens is 6. The number of piperidine rings is 2. The molecule has 8 rings (SSSR count). The Hall–Kier alpha value is -5.04. The average molecular weight is 692 g/mol. The maximum Gasteiger partial charge on any atom is 0.314 e. The number of carbonyl (C=O) groups is 1. The van der Waals surface area contributed by atoms with Gasteiger partial charge in [0.25, 0.3) is 0 Å². The number of nitrogens with one attached hydrogen (secondary N) is 1. The number of phenols is 1. The normalized spacial score (nSPS) is 19.9. The van der Waals surface area contributed by atoms with Crippen molar-refractivity contribution in [2.24, 2.45) is 5.92 Å². The van der Waals surface area contributed by atoms with Crippen molar-refractivity contribution >= 4 is 28.8 Å².